The van der Waals surface area contributed by atoms with E-state index < -0.39 is 0 Å². The van der Waals surface area contributed by atoms with Crippen molar-refractivity contribution in [2.75, 3.05) is 32.8 Å². The van der Waals surface area contributed by atoms with Crippen LogP contribution >= 0.6 is 0 Å². The molecule has 0 amide bonds. The number of halogens is 1. The molecule has 132 valence electrons. The van der Waals surface area contributed by atoms with Crippen LogP contribution in [0.3, 0.4) is 0 Å². The fraction of sp³-hybridized carbons (Fsp3) is 0.700. The topological polar surface area (TPSA) is 9.23 Å². The summed E-state index contributed by atoms with van der Waals surface area (Å²) in [4.78, 5) is 0. The van der Waals surface area contributed by atoms with E-state index in [4.69, 9.17) is 4.74 Å². The van der Waals surface area contributed by atoms with Gasteiger partial charge in [-0.05, 0) is 57.1 Å². The van der Waals surface area contributed by atoms with Crippen LogP contribution in [0, 0.1) is 13.8 Å². The molecule has 1 aliphatic heterocycles. The van der Waals surface area contributed by atoms with E-state index in [0.717, 1.165) is 12.4 Å². The van der Waals surface area contributed by atoms with Gasteiger partial charge >= 0.3 is 0 Å². The Kier molecular flexibility index (Phi) is 9.23. The van der Waals surface area contributed by atoms with E-state index in [-0.39, 0.29) is 17.0 Å². The van der Waals surface area contributed by atoms with Crippen LogP contribution in [0.1, 0.15) is 56.6 Å². The van der Waals surface area contributed by atoms with E-state index in [1.807, 2.05) is 0 Å². The summed E-state index contributed by atoms with van der Waals surface area (Å²) in [6.45, 7) is 12.7. The van der Waals surface area contributed by atoms with Crippen LogP contribution in [0.5, 0.6) is 5.75 Å². The molecule has 2 rings (SSSR count). The standard InChI is InChI=1S/C20H34NO.BrH/c1-4-5-13-21(14-8-6-7-9-15-21)16-17-22-20-18(2)11-10-12-19(20)3;/h10-12H,4-9,13-17H2,1-3H3;1H/q+1;/p-1. The molecule has 0 bridgehead atoms. The molecule has 1 aromatic rings. The molecule has 1 saturated heterocycles. The van der Waals surface area contributed by atoms with E-state index in [1.165, 1.54) is 80.3 Å². The van der Waals surface area contributed by atoms with Crippen molar-refractivity contribution < 1.29 is 26.2 Å². The van der Waals surface area contributed by atoms with E-state index in [1.54, 1.807) is 0 Å². The van der Waals surface area contributed by atoms with Gasteiger partial charge in [-0.1, -0.05) is 31.5 Å². The van der Waals surface area contributed by atoms with Crippen molar-refractivity contribution in [3.63, 3.8) is 0 Å². The summed E-state index contributed by atoms with van der Waals surface area (Å²) in [7, 11) is 0. The fourth-order valence-electron chi connectivity index (χ4n) is 3.78. The van der Waals surface area contributed by atoms with Gasteiger partial charge in [0, 0.05) is 0 Å². The van der Waals surface area contributed by atoms with Gasteiger partial charge in [-0.2, -0.15) is 0 Å². The highest BCUT2D eigenvalue weighted by Crippen LogP contribution is 2.24. The molecule has 1 aromatic carbocycles. The van der Waals surface area contributed by atoms with Crippen molar-refractivity contribution in [2.24, 2.45) is 0 Å². The summed E-state index contributed by atoms with van der Waals surface area (Å²) in [6, 6.07) is 6.41. The first-order valence-electron chi connectivity index (χ1n) is 9.21. The number of benzene rings is 1. The molecule has 0 saturated carbocycles. The predicted molar refractivity (Wildman–Crippen MR) is 94.5 cm³/mol. The van der Waals surface area contributed by atoms with Crippen molar-refractivity contribution >= 4 is 0 Å². The van der Waals surface area contributed by atoms with Crippen LogP contribution < -0.4 is 21.7 Å². The van der Waals surface area contributed by atoms with Crippen molar-refractivity contribution in [3.8, 4) is 5.75 Å². The number of nitrogens with zero attached hydrogens (tertiary/aromatic N) is 1. The molecule has 0 spiro atoms. The first kappa shape index (κ1) is 20.5. The molecule has 0 unspecified atom stereocenters. The zero-order valence-electron chi connectivity index (χ0n) is 15.2. The van der Waals surface area contributed by atoms with E-state index >= 15 is 0 Å². The summed E-state index contributed by atoms with van der Waals surface area (Å²) in [5.41, 5.74) is 2.52. The number of hydrogen-bond acceptors (Lipinski definition) is 1. The minimum Gasteiger partial charge on any atom is -1.00 e. The SMILES string of the molecule is CCCC[N+]1(CCOc2c(C)cccc2C)CCCCCC1.[Br-]. The van der Waals surface area contributed by atoms with Gasteiger partial charge in [-0.3, -0.25) is 0 Å². The largest absolute Gasteiger partial charge is 1.00 e. The van der Waals surface area contributed by atoms with Gasteiger partial charge in [0.1, 0.15) is 18.9 Å². The molecule has 23 heavy (non-hydrogen) atoms. The van der Waals surface area contributed by atoms with Gasteiger partial charge in [-0.25, -0.2) is 0 Å². The van der Waals surface area contributed by atoms with Gasteiger partial charge in [0.15, 0.2) is 0 Å². The molecule has 1 heterocycles. The highest BCUT2D eigenvalue weighted by atomic mass is 79.9. The number of hydrogen-bond donors (Lipinski definition) is 0. The normalized spacial score (nSPS) is 17.2. The summed E-state index contributed by atoms with van der Waals surface area (Å²) in [6.07, 6.45) is 8.29. The van der Waals surface area contributed by atoms with Crippen molar-refractivity contribution in [2.45, 2.75) is 59.3 Å². The van der Waals surface area contributed by atoms with Gasteiger partial charge in [0.2, 0.25) is 0 Å². The van der Waals surface area contributed by atoms with E-state index in [2.05, 4.69) is 39.0 Å². The minimum atomic E-state index is 0. The summed E-state index contributed by atoms with van der Waals surface area (Å²) >= 11 is 0. The first-order chi connectivity index (χ1) is 10.7. The lowest BCUT2D eigenvalue weighted by molar-refractivity contribution is -0.927. The molecular weight excluding hydrogens is 350 g/mol. The lowest BCUT2D eigenvalue weighted by Crippen LogP contribution is -3.00. The van der Waals surface area contributed by atoms with Crippen LogP contribution in [0.25, 0.3) is 0 Å². The Bertz CT molecular complexity index is 433. The van der Waals surface area contributed by atoms with Gasteiger partial charge in [0.25, 0.3) is 0 Å². The lowest BCUT2D eigenvalue weighted by atomic mass is 10.1. The van der Waals surface area contributed by atoms with Crippen molar-refractivity contribution in [3.05, 3.63) is 29.3 Å². The summed E-state index contributed by atoms with van der Waals surface area (Å²) in [5, 5.41) is 0. The smallest absolute Gasteiger partial charge is 0.137 e. The van der Waals surface area contributed by atoms with Crippen molar-refractivity contribution in [1.29, 1.82) is 0 Å². The number of unbranched alkanes of at least 4 members (excludes halogenated alkanes) is 1. The zero-order valence-corrected chi connectivity index (χ0v) is 16.8. The average Bonchev–Trinajstić information content (AvgIpc) is 2.74. The molecule has 0 aliphatic carbocycles. The maximum atomic E-state index is 6.20. The van der Waals surface area contributed by atoms with Crippen molar-refractivity contribution in [1.82, 2.24) is 0 Å². The summed E-state index contributed by atoms with van der Waals surface area (Å²) < 4.78 is 7.49. The van der Waals surface area contributed by atoms with Crippen LogP contribution in [-0.2, 0) is 0 Å². The molecule has 0 aromatic heterocycles. The van der Waals surface area contributed by atoms with Gasteiger partial charge < -0.3 is 26.2 Å². The molecule has 0 radical (unpaired) electrons. The zero-order chi connectivity index (χ0) is 15.8. The summed E-state index contributed by atoms with van der Waals surface area (Å²) in [5.74, 6) is 1.10. The molecular formula is C20H34BrNO. The number of likely N-dealkylation sites (tertiary alicyclic amines) is 1. The maximum Gasteiger partial charge on any atom is 0.137 e. The quantitative estimate of drug-likeness (QED) is 0.653. The van der Waals surface area contributed by atoms with Gasteiger partial charge in [-0.15, -0.1) is 0 Å². The lowest BCUT2D eigenvalue weighted by Gasteiger charge is -2.38. The average molecular weight is 384 g/mol. The Morgan fingerprint density at radius 3 is 2.13 bits per heavy atom. The van der Waals surface area contributed by atoms with Crippen LogP contribution in [-0.4, -0.2) is 37.3 Å². The second-order valence-electron chi connectivity index (χ2n) is 7.07. The molecule has 1 aliphatic rings. The third-order valence-corrected chi connectivity index (χ3v) is 5.22. The van der Waals surface area contributed by atoms with Crippen LogP contribution in [0.2, 0.25) is 0 Å². The number of ether oxygens (including phenoxy) is 1. The Labute approximate surface area is 153 Å². The van der Waals surface area contributed by atoms with E-state index in [9.17, 15) is 0 Å². The molecule has 1 fully saturated rings. The maximum absolute atomic E-state index is 6.20. The first-order valence-corrected chi connectivity index (χ1v) is 9.21. The minimum absolute atomic E-state index is 0. The third-order valence-electron chi connectivity index (χ3n) is 5.22. The Morgan fingerprint density at radius 1 is 0.957 bits per heavy atom. The van der Waals surface area contributed by atoms with Gasteiger partial charge in [0.05, 0.1) is 19.6 Å². The molecule has 3 heteroatoms. The Hall–Kier alpha value is -0.540. The second kappa shape index (κ2) is 10.4. The Morgan fingerprint density at radius 2 is 1.57 bits per heavy atom. The molecule has 0 atom stereocenters. The molecule has 2 nitrogen and oxygen atoms in total. The Balaban J connectivity index is 0.00000264. The predicted octanol–water partition coefficient (Wildman–Crippen LogP) is 1.88. The number of rotatable bonds is 7. The third kappa shape index (κ3) is 6.11. The fourth-order valence-corrected chi connectivity index (χ4v) is 3.78. The highest BCUT2D eigenvalue weighted by molar-refractivity contribution is 5.39. The number of quaternary nitrogens is 1. The number of aryl methyl sites for hydroxylation is 2. The van der Waals surface area contributed by atoms with Crippen LogP contribution in [0.4, 0.5) is 0 Å². The monoisotopic (exact) mass is 383 g/mol. The van der Waals surface area contributed by atoms with E-state index in [0.29, 0.717) is 0 Å². The van der Waals surface area contributed by atoms with Crippen LogP contribution in [0.15, 0.2) is 18.2 Å². The number of para-hydroxylation sites is 1. The second-order valence-corrected chi connectivity index (χ2v) is 7.07. The highest BCUT2D eigenvalue weighted by Gasteiger charge is 2.28. The molecule has 0 N–H and O–H groups in total.